The summed E-state index contributed by atoms with van der Waals surface area (Å²) in [6.07, 6.45) is 6.61. The first kappa shape index (κ1) is 27.7. The predicted octanol–water partition coefficient (Wildman–Crippen LogP) is 5.17. The lowest BCUT2D eigenvalue weighted by Crippen LogP contribution is -2.39. The average molecular weight is 549 g/mol. The number of carbonyl (C=O) groups is 2. The van der Waals surface area contributed by atoms with E-state index in [0.717, 1.165) is 42.5 Å². The van der Waals surface area contributed by atoms with Crippen molar-refractivity contribution in [2.75, 3.05) is 32.8 Å². The Bertz CT molecular complexity index is 1060. The lowest BCUT2D eigenvalue weighted by Gasteiger charge is -2.31. The molecule has 200 valence electrons. The van der Waals surface area contributed by atoms with Crippen molar-refractivity contribution in [1.82, 2.24) is 9.80 Å². The number of halogens is 2. The number of nitrogens with zero attached hydrogens (tertiary/aromatic N) is 2. The second-order valence-electron chi connectivity index (χ2n) is 9.76. The Hall–Kier alpha value is -2.32. The van der Waals surface area contributed by atoms with Crippen LogP contribution in [0, 0.1) is 5.92 Å². The minimum absolute atomic E-state index is 0.0753. The van der Waals surface area contributed by atoms with E-state index in [1.54, 1.807) is 24.3 Å². The summed E-state index contributed by atoms with van der Waals surface area (Å²) in [5.41, 5.74) is 2.47. The molecular formula is C28H34Cl2N2O5. The highest BCUT2D eigenvalue weighted by Gasteiger charge is 2.36. The molecule has 1 aliphatic carbocycles. The van der Waals surface area contributed by atoms with Gasteiger partial charge in [0.05, 0.1) is 13.2 Å². The summed E-state index contributed by atoms with van der Waals surface area (Å²) < 4.78 is 5.35. The number of hydrogen-bond acceptors (Lipinski definition) is 5. The van der Waals surface area contributed by atoms with Crippen LogP contribution < -0.4 is 4.74 Å². The van der Waals surface area contributed by atoms with E-state index in [1.165, 1.54) is 24.2 Å². The molecule has 2 aromatic rings. The van der Waals surface area contributed by atoms with Gasteiger partial charge in [-0.3, -0.25) is 4.79 Å². The number of aliphatic hydroxyl groups is 2. The molecule has 2 N–H and O–H groups in total. The molecule has 2 aliphatic rings. The molecule has 0 bridgehead atoms. The maximum absolute atomic E-state index is 13.1. The highest BCUT2D eigenvalue weighted by Crippen LogP contribution is 2.37. The first-order valence-corrected chi connectivity index (χ1v) is 13.7. The van der Waals surface area contributed by atoms with Crippen LogP contribution in [0.5, 0.6) is 5.75 Å². The standard InChI is InChI=1S/C28H34Cl2N2O5/c29-25-17-21(19-6-8-23(9-7-19)37-28(36)31(12-14-33)13-15-34)18-26(30)24(25)16-20-10-11-32(27(20)35)22-4-2-1-3-5-22/h6-9,17-18,20,22,33-34H,1-5,10-16H2. The molecule has 0 radical (unpaired) electrons. The van der Waals surface area contributed by atoms with Crippen molar-refractivity contribution in [1.29, 1.82) is 0 Å². The Kier molecular flexibility index (Phi) is 9.71. The monoisotopic (exact) mass is 548 g/mol. The molecule has 0 aromatic heterocycles. The summed E-state index contributed by atoms with van der Waals surface area (Å²) in [6.45, 7) is 0.520. The van der Waals surface area contributed by atoms with Crippen LogP contribution >= 0.6 is 23.2 Å². The van der Waals surface area contributed by atoms with Crippen LogP contribution in [0.3, 0.4) is 0 Å². The molecule has 4 rings (SSSR count). The Balaban J connectivity index is 1.41. The maximum atomic E-state index is 13.1. The van der Waals surface area contributed by atoms with E-state index in [4.69, 9.17) is 38.2 Å². The summed E-state index contributed by atoms with van der Waals surface area (Å²) in [7, 11) is 0. The number of carbonyl (C=O) groups excluding carboxylic acids is 2. The quantitative estimate of drug-likeness (QED) is 0.451. The predicted molar refractivity (Wildman–Crippen MR) is 144 cm³/mol. The maximum Gasteiger partial charge on any atom is 0.415 e. The van der Waals surface area contributed by atoms with Crippen molar-refractivity contribution in [3.05, 3.63) is 52.0 Å². The Morgan fingerprint density at radius 2 is 1.57 bits per heavy atom. The fourth-order valence-corrected chi connectivity index (χ4v) is 5.98. The molecule has 1 aliphatic heterocycles. The molecular weight excluding hydrogens is 515 g/mol. The van der Waals surface area contributed by atoms with E-state index in [2.05, 4.69) is 4.90 Å². The SMILES string of the molecule is O=C(Oc1ccc(-c2cc(Cl)c(CC3CCN(C4CCCCC4)C3=O)c(Cl)c2)cc1)N(CCO)CCO. The minimum atomic E-state index is -0.644. The topological polar surface area (TPSA) is 90.3 Å². The average Bonchev–Trinajstić information content (AvgIpc) is 3.26. The van der Waals surface area contributed by atoms with Crippen molar-refractivity contribution in [3.63, 3.8) is 0 Å². The van der Waals surface area contributed by atoms with E-state index in [0.29, 0.717) is 28.3 Å². The van der Waals surface area contributed by atoms with Gasteiger partial charge in [-0.05, 0) is 66.6 Å². The normalized spacial score (nSPS) is 18.3. The zero-order valence-electron chi connectivity index (χ0n) is 20.9. The van der Waals surface area contributed by atoms with Gasteiger partial charge in [0.1, 0.15) is 5.75 Å². The second-order valence-corrected chi connectivity index (χ2v) is 10.6. The van der Waals surface area contributed by atoms with Crippen LogP contribution in [-0.2, 0) is 11.2 Å². The van der Waals surface area contributed by atoms with Gasteiger partial charge in [-0.25, -0.2) is 4.79 Å². The van der Waals surface area contributed by atoms with Gasteiger partial charge in [0, 0.05) is 41.6 Å². The van der Waals surface area contributed by atoms with Crippen molar-refractivity contribution < 1.29 is 24.5 Å². The highest BCUT2D eigenvalue weighted by molar-refractivity contribution is 6.36. The number of amides is 2. The molecule has 1 heterocycles. The van der Waals surface area contributed by atoms with Gasteiger partial charge < -0.3 is 24.7 Å². The molecule has 37 heavy (non-hydrogen) atoms. The lowest BCUT2D eigenvalue weighted by atomic mass is 9.93. The largest absolute Gasteiger partial charge is 0.415 e. The van der Waals surface area contributed by atoms with Gasteiger partial charge in [-0.2, -0.15) is 0 Å². The summed E-state index contributed by atoms with van der Waals surface area (Å²) in [5, 5.41) is 19.2. The molecule has 2 amide bonds. The molecule has 7 nitrogen and oxygen atoms in total. The Labute approximate surface area is 227 Å². The third-order valence-electron chi connectivity index (χ3n) is 7.35. The fourth-order valence-electron chi connectivity index (χ4n) is 5.34. The molecule has 2 aromatic carbocycles. The van der Waals surface area contributed by atoms with Crippen molar-refractivity contribution in [3.8, 4) is 16.9 Å². The molecule has 1 atom stereocenters. The van der Waals surface area contributed by atoms with E-state index in [1.807, 2.05) is 12.1 Å². The van der Waals surface area contributed by atoms with Gasteiger partial charge in [0.2, 0.25) is 5.91 Å². The molecule has 1 unspecified atom stereocenters. The second kappa shape index (κ2) is 13.0. The first-order valence-electron chi connectivity index (χ1n) is 13.0. The number of benzene rings is 2. The summed E-state index contributed by atoms with van der Waals surface area (Å²) in [6, 6.07) is 11.0. The number of likely N-dealkylation sites (tertiary alicyclic amines) is 1. The van der Waals surface area contributed by atoms with Crippen molar-refractivity contribution in [2.24, 2.45) is 5.92 Å². The molecule has 1 saturated carbocycles. The van der Waals surface area contributed by atoms with E-state index >= 15 is 0 Å². The number of aliphatic hydroxyl groups excluding tert-OH is 2. The number of rotatable bonds is 9. The van der Waals surface area contributed by atoms with E-state index < -0.39 is 6.09 Å². The van der Waals surface area contributed by atoms with Gasteiger partial charge in [-0.1, -0.05) is 54.6 Å². The van der Waals surface area contributed by atoms with Crippen molar-refractivity contribution >= 4 is 35.2 Å². The number of hydrogen-bond donors (Lipinski definition) is 2. The zero-order valence-corrected chi connectivity index (χ0v) is 22.4. The first-order chi connectivity index (χ1) is 17.9. The van der Waals surface area contributed by atoms with Gasteiger partial charge >= 0.3 is 6.09 Å². The van der Waals surface area contributed by atoms with Crippen LogP contribution in [-0.4, -0.2) is 70.9 Å². The highest BCUT2D eigenvalue weighted by atomic mass is 35.5. The third-order valence-corrected chi connectivity index (χ3v) is 8.02. The van der Waals surface area contributed by atoms with Crippen LogP contribution in [0.4, 0.5) is 4.79 Å². The summed E-state index contributed by atoms with van der Waals surface area (Å²) in [5.74, 6) is 0.475. The smallest absolute Gasteiger partial charge is 0.410 e. The van der Waals surface area contributed by atoms with Gasteiger partial charge in [-0.15, -0.1) is 0 Å². The Morgan fingerprint density at radius 3 is 2.16 bits per heavy atom. The van der Waals surface area contributed by atoms with Crippen LogP contribution in [0.25, 0.3) is 11.1 Å². The molecule has 2 fully saturated rings. The van der Waals surface area contributed by atoms with Crippen LogP contribution in [0.15, 0.2) is 36.4 Å². The van der Waals surface area contributed by atoms with E-state index in [-0.39, 0.29) is 38.1 Å². The van der Waals surface area contributed by atoms with Crippen LogP contribution in [0.2, 0.25) is 10.0 Å². The van der Waals surface area contributed by atoms with Crippen molar-refractivity contribution in [2.45, 2.75) is 51.0 Å². The Morgan fingerprint density at radius 1 is 0.946 bits per heavy atom. The van der Waals surface area contributed by atoms with Crippen LogP contribution in [0.1, 0.15) is 44.1 Å². The molecule has 1 saturated heterocycles. The molecule has 9 heteroatoms. The fraction of sp³-hybridized carbons (Fsp3) is 0.500. The van der Waals surface area contributed by atoms with E-state index in [9.17, 15) is 9.59 Å². The third kappa shape index (κ3) is 6.77. The summed E-state index contributed by atoms with van der Waals surface area (Å²) in [4.78, 5) is 28.7. The lowest BCUT2D eigenvalue weighted by molar-refractivity contribution is -0.133. The molecule has 0 spiro atoms. The number of ether oxygens (including phenoxy) is 1. The zero-order chi connectivity index (χ0) is 26.4. The van der Waals surface area contributed by atoms with Gasteiger partial charge in [0.15, 0.2) is 0 Å². The minimum Gasteiger partial charge on any atom is -0.410 e. The van der Waals surface area contributed by atoms with Gasteiger partial charge in [0.25, 0.3) is 0 Å². The summed E-state index contributed by atoms with van der Waals surface area (Å²) >= 11 is 13.3.